The number of halogens is 3. The van der Waals surface area contributed by atoms with E-state index in [9.17, 15) is 8.78 Å². The molecule has 0 unspecified atom stereocenters. The first-order chi connectivity index (χ1) is 18.0. The molecule has 0 aliphatic carbocycles. The van der Waals surface area contributed by atoms with Crippen LogP contribution in [-0.2, 0) is 5.41 Å². The lowest BCUT2D eigenvalue weighted by atomic mass is 9.71. The van der Waals surface area contributed by atoms with Gasteiger partial charge in [-0.25, -0.2) is 19.3 Å². The summed E-state index contributed by atoms with van der Waals surface area (Å²) < 4.78 is 52.0. The Labute approximate surface area is 208 Å². The van der Waals surface area contributed by atoms with Crippen molar-refractivity contribution in [1.82, 2.24) is 19.5 Å². The molecule has 9 heteroatoms. The molecule has 1 atom stereocenters. The first-order valence-corrected chi connectivity index (χ1v) is 11.4. The van der Waals surface area contributed by atoms with Crippen LogP contribution in [0.25, 0.3) is 28.1 Å². The smallest absolute Gasteiger partial charge is 0.220 e. The van der Waals surface area contributed by atoms with Crippen molar-refractivity contribution < 1.29 is 17.9 Å². The number of fused-ring (bicyclic) bond motifs is 6. The normalized spacial score (nSPS) is 17.1. The standard InChI is InChI=1S/C28H16F3N5O/c29-21-12-17(15-5-7-33-23(30)13-15)11-20-25(21)37-22-4-3-16(18-2-1-6-34-26(18)31)10-19(22)28(20)14-24(32)36-9-8-35-27(28)36/h1-14H,32H2/t28-/m0/s1. The highest BCUT2D eigenvalue weighted by atomic mass is 19.1. The van der Waals surface area contributed by atoms with E-state index in [1.54, 1.807) is 65.5 Å². The van der Waals surface area contributed by atoms with Gasteiger partial charge in [0.05, 0.1) is 0 Å². The minimum absolute atomic E-state index is 0.00610. The highest BCUT2D eigenvalue weighted by Gasteiger charge is 2.50. The molecule has 37 heavy (non-hydrogen) atoms. The number of imidazole rings is 1. The van der Waals surface area contributed by atoms with Crippen molar-refractivity contribution in [3.8, 4) is 33.8 Å². The summed E-state index contributed by atoms with van der Waals surface area (Å²) in [6.45, 7) is 0. The molecule has 0 saturated heterocycles. The molecule has 0 amide bonds. The lowest BCUT2D eigenvalue weighted by molar-refractivity contribution is 0.403. The fourth-order valence-electron chi connectivity index (χ4n) is 5.25. The predicted molar refractivity (Wildman–Crippen MR) is 130 cm³/mol. The molecular weight excluding hydrogens is 479 g/mol. The van der Waals surface area contributed by atoms with E-state index in [2.05, 4.69) is 15.0 Å². The molecule has 0 bridgehead atoms. The van der Waals surface area contributed by atoms with Gasteiger partial charge in [0.25, 0.3) is 0 Å². The summed E-state index contributed by atoms with van der Waals surface area (Å²) >= 11 is 0. The van der Waals surface area contributed by atoms with Crippen LogP contribution in [0.1, 0.15) is 17.0 Å². The van der Waals surface area contributed by atoms with E-state index in [4.69, 9.17) is 10.5 Å². The maximum Gasteiger partial charge on any atom is 0.220 e. The van der Waals surface area contributed by atoms with Crippen LogP contribution >= 0.6 is 0 Å². The monoisotopic (exact) mass is 495 g/mol. The average Bonchev–Trinajstić information content (AvgIpc) is 3.49. The van der Waals surface area contributed by atoms with Gasteiger partial charge in [-0.3, -0.25) is 4.57 Å². The Balaban J connectivity index is 1.54. The van der Waals surface area contributed by atoms with Crippen LogP contribution in [0.5, 0.6) is 11.5 Å². The Morgan fingerprint density at radius 3 is 2.51 bits per heavy atom. The predicted octanol–water partition coefficient (Wildman–Crippen LogP) is 5.64. The summed E-state index contributed by atoms with van der Waals surface area (Å²) in [5.41, 5.74) is 8.02. The molecule has 5 heterocycles. The van der Waals surface area contributed by atoms with Crippen molar-refractivity contribution in [2.24, 2.45) is 5.73 Å². The lowest BCUT2D eigenvalue weighted by Gasteiger charge is -2.36. The molecule has 1 spiro atoms. The van der Waals surface area contributed by atoms with Gasteiger partial charge in [0.15, 0.2) is 11.6 Å². The number of nitrogens with zero attached hydrogens (tertiary/aromatic N) is 4. The molecule has 6 nitrogen and oxygen atoms in total. The van der Waals surface area contributed by atoms with Gasteiger partial charge >= 0.3 is 0 Å². The van der Waals surface area contributed by atoms with Crippen molar-refractivity contribution in [2.75, 3.05) is 0 Å². The summed E-state index contributed by atoms with van der Waals surface area (Å²) in [6, 6.07) is 14.3. The molecule has 0 saturated carbocycles. The highest BCUT2D eigenvalue weighted by molar-refractivity contribution is 5.78. The van der Waals surface area contributed by atoms with Crippen molar-refractivity contribution in [1.29, 1.82) is 0 Å². The van der Waals surface area contributed by atoms with Crippen molar-refractivity contribution in [2.45, 2.75) is 5.41 Å². The minimum Gasteiger partial charge on any atom is -0.454 e. The number of nitrogens with two attached hydrogens (primary N) is 1. The van der Waals surface area contributed by atoms with Gasteiger partial charge in [-0.2, -0.15) is 8.78 Å². The molecule has 180 valence electrons. The van der Waals surface area contributed by atoms with Crippen molar-refractivity contribution in [3.05, 3.63) is 120 Å². The van der Waals surface area contributed by atoms with Gasteiger partial charge in [0, 0.05) is 47.5 Å². The highest BCUT2D eigenvalue weighted by Crippen LogP contribution is 2.56. The van der Waals surface area contributed by atoms with Crippen LogP contribution in [0.4, 0.5) is 13.2 Å². The number of hydrogen-bond acceptors (Lipinski definition) is 5. The number of ether oxygens (including phenoxy) is 1. The third-order valence-electron chi connectivity index (χ3n) is 6.85. The zero-order chi connectivity index (χ0) is 25.3. The molecule has 2 N–H and O–H groups in total. The van der Waals surface area contributed by atoms with Crippen LogP contribution in [0.2, 0.25) is 0 Å². The largest absolute Gasteiger partial charge is 0.454 e. The first kappa shape index (κ1) is 21.4. The van der Waals surface area contributed by atoms with Gasteiger partial charge in [0.2, 0.25) is 11.9 Å². The third-order valence-corrected chi connectivity index (χ3v) is 6.85. The van der Waals surface area contributed by atoms with Crippen LogP contribution in [-0.4, -0.2) is 19.5 Å². The number of aromatic nitrogens is 4. The first-order valence-electron chi connectivity index (χ1n) is 11.4. The van der Waals surface area contributed by atoms with Crippen molar-refractivity contribution in [3.63, 3.8) is 0 Å². The molecule has 2 aliphatic heterocycles. The Bertz CT molecular complexity index is 1780. The Morgan fingerprint density at radius 2 is 1.68 bits per heavy atom. The summed E-state index contributed by atoms with van der Waals surface area (Å²) in [7, 11) is 0. The SMILES string of the molecule is NC1=C[C@@]2(c3cc(-c4cccnc4F)ccc3Oc3c(F)cc(-c4ccnc(F)c4)cc32)c2nccn21. The van der Waals surface area contributed by atoms with Crippen molar-refractivity contribution >= 4 is 5.82 Å². The Morgan fingerprint density at radius 1 is 0.811 bits per heavy atom. The lowest BCUT2D eigenvalue weighted by Crippen LogP contribution is -2.31. The molecule has 2 aliphatic rings. The van der Waals surface area contributed by atoms with E-state index in [0.717, 1.165) is 0 Å². The van der Waals surface area contributed by atoms with E-state index in [0.29, 0.717) is 50.8 Å². The molecule has 5 aromatic rings. The van der Waals surface area contributed by atoms with Crippen LogP contribution < -0.4 is 10.5 Å². The molecule has 2 aromatic carbocycles. The van der Waals surface area contributed by atoms with E-state index in [1.165, 1.54) is 24.5 Å². The van der Waals surface area contributed by atoms with Crippen LogP contribution in [0.15, 0.2) is 85.5 Å². The third kappa shape index (κ3) is 2.97. The fraction of sp³-hybridized carbons (Fsp3) is 0.0357. The zero-order valence-corrected chi connectivity index (χ0v) is 19.0. The Hall–Kier alpha value is -4.92. The summed E-state index contributed by atoms with van der Waals surface area (Å²) in [4.78, 5) is 11.9. The van der Waals surface area contributed by atoms with Crippen LogP contribution in [0.3, 0.4) is 0 Å². The average molecular weight is 495 g/mol. The molecule has 0 fully saturated rings. The minimum atomic E-state index is -1.16. The zero-order valence-electron chi connectivity index (χ0n) is 19.0. The van der Waals surface area contributed by atoms with Gasteiger partial charge in [0.1, 0.15) is 22.8 Å². The number of hydrogen-bond donors (Lipinski definition) is 1. The van der Waals surface area contributed by atoms with Gasteiger partial charge in [-0.15, -0.1) is 0 Å². The van der Waals surface area contributed by atoms with E-state index >= 15 is 4.39 Å². The maximum atomic E-state index is 15.7. The number of rotatable bonds is 2. The molecule has 7 rings (SSSR count). The molecule has 0 radical (unpaired) electrons. The van der Waals surface area contributed by atoms with E-state index < -0.39 is 23.1 Å². The van der Waals surface area contributed by atoms with Gasteiger partial charge < -0.3 is 10.5 Å². The second-order valence-electron chi connectivity index (χ2n) is 8.85. The number of benzene rings is 2. The summed E-state index contributed by atoms with van der Waals surface area (Å²) in [6.07, 6.45) is 7.80. The summed E-state index contributed by atoms with van der Waals surface area (Å²) in [5.74, 6) is -0.634. The maximum absolute atomic E-state index is 15.7. The number of allylic oxidation sites excluding steroid dienone is 1. The molecule has 3 aromatic heterocycles. The Kier molecular flexibility index (Phi) is 4.35. The quantitative estimate of drug-likeness (QED) is 0.321. The van der Waals surface area contributed by atoms with Crippen LogP contribution in [0, 0.1) is 17.7 Å². The fourth-order valence-corrected chi connectivity index (χ4v) is 5.25. The van der Waals surface area contributed by atoms with E-state index in [-0.39, 0.29) is 5.75 Å². The molecular formula is C28H16F3N5O. The van der Waals surface area contributed by atoms with Gasteiger partial charge in [-0.05, 0) is 65.2 Å². The van der Waals surface area contributed by atoms with E-state index in [1.807, 2.05) is 0 Å². The number of pyridine rings is 2. The van der Waals surface area contributed by atoms with Gasteiger partial charge in [-0.1, -0.05) is 6.07 Å². The topological polar surface area (TPSA) is 78.8 Å². The second-order valence-corrected chi connectivity index (χ2v) is 8.85. The summed E-state index contributed by atoms with van der Waals surface area (Å²) in [5, 5.41) is 0. The second kappa shape index (κ2) is 7.54.